The highest BCUT2D eigenvalue weighted by atomic mass is 16.6. The molecule has 1 fully saturated rings. The number of nitriles is 1. The van der Waals surface area contributed by atoms with Gasteiger partial charge in [-0.1, -0.05) is 0 Å². The van der Waals surface area contributed by atoms with Crippen LogP contribution in [0.25, 0.3) is 11.3 Å². The summed E-state index contributed by atoms with van der Waals surface area (Å²) in [6, 6.07) is 9.22. The van der Waals surface area contributed by atoms with E-state index in [0.29, 0.717) is 47.0 Å². The highest BCUT2D eigenvalue weighted by molar-refractivity contribution is 5.98. The van der Waals surface area contributed by atoms with E-state index in [-0.39, 0.29) is 18.3 Å². The van der Waals surface area contributed by atoms with Gasteiger partial charge in [-0.2, -0.15) is 5.26 Å². The summed E-state index contributed by atoms with van der Waals surface area (Å²) in [5, 5.41) is 9.43. The standard InChI is InChI=1S/C22H18N4O3/c1-14-4-5-24-10-20(14)22(27)6-16-9-26-21(11-25-16)19-7-17(3-2-15(19)8-23)29-18-12-28-13-18/h2-5,7,9-11,18H,6,12-13H2,1H3. The topological polar surface area (TPSA) is 98.0 Å². The zero-order valence-electron chi connectivity index (χ0n) is 15.8. The molecule has 0 N–H and O–H groups in total. The number of ketones is 1. The lowest BCUT2D eigenvalue weighted by Crippen LogP contribution is -2.38. The lowest BCUT2D eigenvalue weighted by atomic mass is 10.0. The monoisotopic (exact) mass is 386 g/mol. The number of aryl methyl sites for hydroxylation is 1. The molecule has 7 nitrogen and oxygen atoms in total. The van der Waals surface area contributed by atoms with Gasteiger partial charge in [0.1, 0.15) is 11.9 Å². The molecule has 2 aromatic heterocycles. The molecule has 0 amide bonds. The van der Waals surface area contributed by atoms with Gasteiger partial charge in [0.25, 0.3) is 0 Å². The zero-order chi connectivity index (χ0) is 20.2. The predicted molar refractivity (Wildman–Crippen MR) is 104 cm³/mol. The summed E-state index contributed by atoms with van der Waals surface area (Å²) < 4.78 is 10.9. The van der Waals surface area contributed by atoms with Crippen LogP contribution in [0.5, 0.6) is 5.75 Å². The molecule has 3 heterocycles. The number of hydrogen-bond donors (Lipinski definition) is 0. The molecular formula is C22H18N4O3. The molecule has 0 bridgehead atoms. The largest absolute Gasteiger partial charge is 0.486 e. The molecule has 3 aromatic rings. The highest BCUT2D eigenvalue weighted by Crippen LogP contribution is 2.27. The Morgan fingerprint density at radius 2 is 2.10 bits per heavy atom. The molecule has 29 heavy (non-hydrogen) atoms. The molecule has 1 aromatic carbocycles. The minimum Gasteiger partial charge on any atom is -0.486 e. The fourth-order valence-electron chi connectivity index (χ4n) is 2.98. The van der Waals surface area contributed by atoms with Crippen molar-refractivity contribution >= 4 is 5.78 Å². The third-order valence-electron chi connectivity index (χ3n) is 4.68. The normalized spacial score (nSPS) is 13.4. The zero-order valence-corrected chi connectivity index (χ0v) is 15.8. The summed E-state index contributed by atoms with van der Waals surface area (Å²) in [6.45, 7) is 3.00. The lowest BCUT2D eigenvalue weighted by molar-refractivity contribution is -0.0796. The number of ether oxygens (including phenoxy) is 2. The van der Waals surface area contributed by atoms with Crippen LogP contribution >= 0.6 is 0 Å². The Bertz CT molecular complexity index is 1090. The summed E-state index contributed by atoms with van der Waals surface area (Å²) in [5.41, 5.74) is 3.67. The molecule has 0 saturated carbocycles. The molecule has 0 unspecified atom stereocenters. The summed E-state index contributed by atoms with van der Waals surface area (Å²) in [6.07, 6.45) is 6.53. The number of aromatic nitrogens is 3. The minimum atomic E-state index is -0.0616. The Hall–Kier alpha value is -3.63. The third kappa shape index (κ3) is 4.13. The van der Waals surface area contributed by atoms with Gasteiger partial charge in [-0.3, -0.25) is 19.7 Å². The van der Waals surface area contributed by atoms with Gasteiger partial charge in [-0.25, -0.2) is 0 Å². The van der Waals surface area contributed by atoms with Crippen molar-refractivity contribution in [3.05, 3.63) is 71.4 Å². The minimum absolute atomic E-state index is 0.0335. The van der Waals surface area contributed by atoms with Gasteiger partial charge >= 0.3 is 0 Å². The maximum Gasteiger partial charge on any atom is 0.170 e. The molecule has 4 rings (SSSR count). The number of carbonyl (C=O) groups excluding carboxylic acids is 1. The quantitative estimate of drug-likeness (QED) is 0.601. The first-order valence-corrected chi connectivity index (χ1v) is 9.17. The summed E-state index contributed by atoms with van der Waals surface area (Å²) >= 11 is 0. The van der Waals surface area contributed by atoms with Crippen LogP contribution < -0.4 is 4.74 Å². The van der Waals surface area contributed by atoms with Crippen molar-refractivity contribution < 1.29 is 14.3 Å². The predicted octanol–water partition coefficient (Wildman–Crippen LogP) is 2.92. The lowest BCUT2D eigenvalue weighted by Gasteiger charge is -2.26. The van der Waals surface area contributed by atoms with Gasteiger partial charge in [0.2, 0.25) is 0 Å². The van der Waals surface area contributed by atoms with Crippen LogP contribution in [0.3, 0.4) is 0 Å². The first-order chi connectivity index (χ1) is 14.1. The maximum absolute atomic E-state index is 12.5. The van der Waals surface area contributed by atoms with Crippen molar-refractivity contribution in [2.24, 2.45) is 0 Å². The first-order valence-electron chi connectivity index (χ1n) is 9.17. The Morgan fingerprint density at radius 1 is 1.24 bits per heavy atom. The maximum atomic E-state index is 12.5. The summed E-state index contributed by atoms with van der Waals surface area (Å²) in [5.74, 6) is 0.592. The van der Waals surface area contributed by atoms with Gasteiger partial charge < -0.3 is 9.47 Å². The van der Waals surface area contributed by atoms with Crippen LogP contribution in [0.4, 0.5) is 0 Å². The van der Waals surface area contributed by atoms with Crippen molar-refractivity contribution in [3.63, 3.8) is 0 Å². The number of carbonyl (C=O) groups is 1. The SMILES string of the molecule is Cc1ccncc1C(=O)Cc1cnc(-c2cc(OC3COC3)ccc2C#N)cn1. The van der Waals surface area contributed by atoms with E-state index in [1.54, 1.807) is 49.1 Å². The second-order valence-electron chi connectivity index (χ2n) is 6.78. The van der Waals surface area contributed by atoms with Crippen molar-refractivity contribution in [2.45, 2.75) is 19.4 Å². The fourth-order valence-corrected chi connectivity index (χ4v) is 2.98. The summed E-state index contributed by atoms with van der Waals surface area (Å²) in [4.78, 5) is 25.3. The Labute approximate surface area is 168 Å². The van der Waals surface area contributed by atoms with Crippen LogP contribution in [0.1, 0.15) is 27.2 Å². The second-order valence-corrected chi connectivity index (χ2v) is 6.78. The third-order valence-corrected chi connectivity index (χ3v) is 4.68. The molecule has 1 aliphatic heterocycles. The number of hydrogen-bond acceptors (Lipinski definition) is 7. The number of pyridine rings is 1. The number of benzene rings is 1. The van der Waals surface area contributed by atoms with Crippen molar-refractivity contribution in [3.8, 4) is 23.1 Å². The van der Waals surface area contributed by atoms with E-state index in [0.717, 1.165) is 5.56 Å². The van der Waals surface area contributed by atoms with Crippen molar-refractivity contribution in [2.75, 3.05) is 13.2 Å². The van der Waals surface area contributed by atoms with Gasteiger partial charge in [0, 0.05) is 29.7 Å². The van der Waals surface area contributed by atoms with Gasteiger partial charge in [0.15, 0.2) is 5.78 Å². The highest BCUT2D eigenvalue weighted by Gasteiger charge is 2.21. The first kappa shape index (κ1) is 18.7. The molecule has 0 aliphatic carbocycles. The van der Waals surface area contributed by atoms with Crippen molar-refractivity contribution in [1.82, 2.24) is 15.0 Å². The summed E-state index contributed by atoms with van der Waals surface area (Å²) in [7, 11) is 0. The van der Waals surface area contributed by atoms with Crippen LogP contribution in [0, 0.1) is 18.3 Å². The van der Waals surface area contributed by atoms with E-state index in [4.69, 9.17) is 9.47 Å². The average molecular weight is 386 g/mol. The van der Waals surface area contributed by atoms with E-state index in [1.807, 2.05) is 6.92 Å². The van der Waals surface area contributed by atoms with E-state index in [2.05, 4.69) is 21.0 Å². The van der Waals surface area contributed by atoms with Gasteiger partial charge in [0.05, 0.1) is 48.9 Å². The average Bonchev–Trinajstić information content (AvgIpc) is 2.71. The molecule has 144 valence electrons. The smallest absolute Gasteiger partial charge is 0.170 e. The Morgan fingerprint density at radius 3 is 2.76 bits per heavy atom. The van der Waals surface area contributed by atoms with Crippen LogP contribution in [-0.2, 0) is 11.2 Å². The van der Waals surface area contributed by atoms with Crippen LogP contribution in [0.15, 0.2) is 49.1 Å². The molecule has 7 heteroatoms. The Kier molecular flexibility index (Phi) is 5.27. The fraction of sp³-hybridized carbons (Fsp3) is 0.227. The van der Waals surface area contributed by atoms with E-state index in [1.165, 1.54) is 0 Å². The number of Topliss-reactive ketones (excluding diaryl/α,β-unsaturated/α-hetero) is 1. The second kappa shape index (κ2) is 8.17. The van der Waals surface area contributed by atoms with E-state index in [9.17, 15) is 10.1 Å². The van der Waals surface area contributed by atoms with Crippen molar-refractivity contribution in [1.29, 1.82) is 5.26 Å². The molecule has 1 aliphatic rings. The molecular weight excluding hydrogens is 368 g/mol. The van der Waals surface area contributed by atoms with E-state index >= 15 is 0 Å². The molecule has 0 radical (unpaired) electrons. The van der Waals surface area contributed by atoms with Gasteiger partial charge in [-0.15, -0.1) is 0 Å². The van der Waals surface area contributed by atoms with Gasteiger partial charge in [-0.05, 0) is 36.8 Å². The van der Waals surface area contributed by atoms with Crippen LogP contribution in [0.2, 0.25) is 0 Å². The Balaban J connectivity index is 1.54. The number of nitrogens with zero attached hydrogens (tertiary/aromatic N) is 4. The molecule has 1 saturated heterocycles. The number of rotatable bonds is 6. The molecule has 0 atom stereocenters. The van der Waals surface area contributed by atoms with E-state index < -0.39 is 0 Å². The van der Waals surface area contributed by atoms with Crippen LogP contribution in [-0.4, -0.2) is 40.1 Å². The molecule has 0 spiro atoms.